The zero-order chi connectivity index (χ0) is 14.9. The lowest BCUT2D eigenvalue weighted by Crippen LogP contribution is -2.61. The normalized spacial score (nSPS) is 36.2. The van der Waals surface area contributed by atoms with Gasteiger partial charge in [-0.1, -0.05) is 11.6 Å². The molecule has 3 rings (SSSR count). The quantitative estimate of drug-likeness (QED) is 0.681. The molecule has 1 aromatic rings. The summed E-state index contributed by atoms with van der Waals surface area (Å²) < 4.78 is 47.5. The Balaban J connectivity index is 2.34. The molecule has 0 spiro atoms. The fraction of sp³-hybridized carbons (Fsp3) is 0.636. The Morgan fingerprint density at radius 3 is 2.75 bits per heavy atom. The van der Waals surface area contributed by atoms with Gasteiger partial charge in [0.15, 0.2) is 5.60 Å². The smallest absolute Gasteiger partial charge is 0.393 e. The number of rotatable bonds is 1. The molecule has 0 amide bonds. The van der Waals surface area contributed by atoms with E-state index in [1.807, 2.05) is 22.6 Å². The van der Waals surface area contributed by atoms with E-state index in [4.69, 9.17) is 16.3 Å². The summed E-state index contributed by atoms with van der Waals surface area (Å²) in [5.74, 6) is 0. The van der Waals surface area contributed by atoms with Crippen LogP contribution in [0.1, 0.15) is 18.2 Å². The minimum atomic E-state index is -4.99. The molecule has 2 aliphatic heterocycles. The molecule has 9 heteroatoms. The van der Waals surface area contributed by atoms with Gasteiger partial charge in [-0.15, -0.1) is 0 Å². The highest BCUT2D eigenvalue weighted by molar-refractivity contribution is 14.1. The summed E-state index contributed by atoms with van der Waals surface area (Å²) in [4.78, 5) is 0. The van der Waals surface area contributed by atoms with Crippen molar-refractivity contribution in [3.8, 4) is 0 Å². The van der Waals surface area contributed by atoms with Crippen LogP contribution in [0.5, 0.6) is 0 Å². The Bertz CT molecular complexity index is 578. The van der Waals surface area contributed by atoms with Gasteiger partial charge in [0, 0.05) is 6.61 Å². The lowest BCUT2D eigenvalue weighted by molar-refractivity contribution is -0.329. The van der Waals surface area contributed by atoms with Crippen molar-refractivity contribution >= 4 is 34.2 Å². The molecule has 4 nitrogen and oxygen atoms in total. The molecule has 1 saturated heterocycles. The third kappa shape index (κ3) is 1.44. The Morgan fingerprint density at radius 1 is 1.55 bits per heavy atom. The number of halogens is 5. The van der Waals surface area contributed by atoms with Crippen LogP contribution >= 0.6 is 34.2 Å². The summed E-state index contributed by atoms with van der Waals surface area (Å²) >= 11 is 7.72. The van der Waals surface area contributed by atoms with Gasteiger partial charge in [-0.3, -0.25) is 0 Å². The Labute approximate surface area is 130 Å². The van der Waals surface area contributed by atoms with Gasteiger partial charge in [-0.2, -0.15) is 13.2 Å². The third-order valence-electron chi connectivity index (χ3n) is 4.16. The minimum Gasteiger partial charge on any atom is -0.393 e. The predicted octanol–water partition coefficient (Wildman–Crippen LogP) is 2.20. The summed E-state index contributed by atoms with van der Waals surface area (Å²) in [6, 6.07) is 0.296. The van der Waals surface area contributed by atoms with Crippen LogP contribution in [0.25, 0.3) is 0 Å². The summed E-state index contributed by atoms with van der Waals surface area (Å²) in [5.41, 5.74) is -5.76. The van der Waals surface area contributed by atoms with Crippen molar-refractivity contribution in [2.24, 2.45) is 0 Å². The van der Waals surface area contributed by atoms with Crippen molar-refractivity contribution in [1.29, 1.82) is 0 Å². The maximum Gasteiger partial charge on any atom is 0.426 e. The number of aliphatic hydroxyl groups is 2. The Hall–Kier alpha value is -0.0300. The van der Waals surface area contributed by atoms with Gasteiger partial charge in [0.25, 0.3) is 0 Å². The molecular weight excluding hydrogens is 413 g/mol. The zero-order valence-electron chi connectivity index (χ0n) is 9.92. The highest BCUT2D eigenvalue weighted by atomic mass is 127. The molecule has 1 aromatic heterocycles. The zero-order valence-corrected chi connectivity index (χ0v) is 12.8. The van der Waals surface area contributed by atoms with Crippen molar-refractivity contribution in [2.45, 2.75) is 29.8 Å². The monoisotopic (exact) mass is 423 g/mol. The van der Waals surface area contributed by atoms with E-state index in [1.165, 1.54) is 4.57 Å². The second-order valence-electron chi connectivity index (χ2n) is 4.95. The molecule has 0 aliphatic carbocycles. The molecule has 0 bridgehead atoms. The van der Waals surface area contributed by atoms with Crippen LogP contribution in [-0.4, -0.2) is 39.8 Å². The predicted molar refractivity (Wildman–Crippen MR) is 71.5 cm³/mol. The standard InChI is InChI=1S/C11H10ClF3INO3/c12-5-3-7-10(19,11(13,14)15)9(4-18)6(1-2-20-9)17(7)8(5)16/h3,6,18-19H,1-2,4H2/t6-,9+,10+/m1/s1. The van der Waals surface area contributed by atoms with E-state index in [-0.39, 0.29) is 23.7 Å². The molecule has 2 N–H and O–H groups in total. The first-order valence-corrected chi connectivity index (χ1v) is 7.27. The van der Waals surface area contributed by atoms with E-state index in [2.05, 4.69) is 0 Å². The van der Waals surface area contributed by atoms with Gasteiger partial charge in [-0.25, -0.2) is 0 Å². The SMILES string of the molecule is OC[C@]12OCC[C@H]1n1c(cc(Cl)c1I)[C@@]2(O)C(F)(F)F. The highest BCUT2D eigenvalue weighted by Crippen LogP contribution is 2.61. The minimum absolute atomic E-state index is 0.0366. The molecule has 112 valence electrons. The summed E-state index contributed by atoms with van der Waals surface area (Å²) in [7, 11) is 0. The lowest BCUT2D eigenvalue weighted by Gasteiger charge is -2.40. The second kappa shape index (κ2) is 4.25. The molecule has 0 saturated carbocycles. The molecule has 3 heterocycles. The van der Waals surface area contributed by atoms with Crippen LogP contribution in [0.4, 0.5) is 13.2 Å². The number of fused-ring (bicyclic) bond motifs is 3. The van der Waals surface area contributed by atoms with Crippen LogP contribution in [0, 0.1) is 3.70 Å². The van der Waals surface area contributed by atoms with E-state index >= 15 is 0 Å². The Morgan fingerprint density at radius 2 is 2.20 bits per heavy atom. The fourth-order valence-electron chi connectivity index (χ4n) is 3.29. The molecular formula is C11H10ClF3INO3. The summed E-state index contributed by atoms with van der Waals surface area (Å²) in [6.45, 7) is -0.891. The van der Waals surface area contributed by atoms with Crippen LogP contribution in [-0.2, 0) is 10.3 Å². The van der Waals surface area contributed by atoms with Gasteiger partial charge in [0.05, 0.1) is 27.1 Å². The Kier molecular flexibility index (Phi) is 3.16. The van der Waals surface area contributed by atoms with E-state index in [0.29, 0.717) is 3.70 Å². The van der Waals surface area contributed by atoms with Crippen molar-refractivity contribution in [2.75, 3.05) is 13.2 Å². The lowest BCUT2D eigenvalue weighted by atomic mass is 9.79. The van der Waals surface area contributed by atoms with Gasteiger partial charge in [0.1, 0.15) is 0 Å². The third-order valence-corrected chi connectivity index (χ3v) is 5.87. The van der Waals surface area contributed by atoms with Crippen molar-refractivity contribution in [3.05, 3.63) is 20.5 Å². The van der Waals surface area contributed by atoms with Crippen molar-refractivity contribution in [3.63, 3.8) is 0 Å². The first-order chi connectivity index (χ1) is 9.20. The molecule has 1 fully saturated rings. The number of hydrogen-bond donors (Lipinski definition) is 2. The van der Waals surface area contributed by atoms with Crippen molar-refractivity contribution in [1.82, 2.24) is 4.57 Å². The van der Waals surface area contributed by atoms with Gasteiger partial charge < -0.3 is 19.5 Å². The van der Waals surface area contributed by atoms with Crippen LogP contribution < -0.4 is 0 Å². The number of alkyl halides is 3. The molecule has 2 aliphatic rings. The number of ether oxygens (including phenoxy) is 1. The first kappa shape index (κ1) is 14.9. The van der Waals surface area contributed by atoms with Gasteiger partial charge >= 0.3 is 6.18 Å². The molecule has 3 atom stereocenters. The molecule has 0 aromatic carbocycles. The number of hydrogen-bond acceptors (Lipinski definition) is 3. The average Bonchev–Trinajstić information content (AvgIpc) is 2.95. The number of aliphatic hydroxyl groups excluding tert-OH is 1. The van der Waals surface area contributed by atoms with E-state index in [0.717, 1.165) is 6.07 Å². The van der Waals surface area contributed by atoms with E-state index < -0.39 is 30.0 Å². The first-order valence-electron chi connectivity index (χ1n) is 5.81. The second-order valence-corrected chi connectivity index (χ2v) is 6.38. The van der Waals surface area contributed by atoms with E-state index in [1.54, 1.807) is 0 Å². The number of aromatic nitrogens is 1. The molecule has 20 heavy (non-hydrogen) atoms. The topological polar surface area (TPSA) is 54.6 Å². The van der Waals surface area contributed by atoms with Crippen LogP contribution in [0.3, 0.4) is 0 Å². The van der Waals surface area contributed by atoms with Gasteiger partial charge in [-0.05, 0) is 35.1 Å². The van der Waals surface area contributed by atoms with Gasteiger partial charge in [0.2, 0.25) is 5.60 Å². The largest absolute Gasteiger partial charge is 0.426 e. The maximum atomic E-state index is 13.5. The van der Waals surface area contributed by atoms with Crippen LogP contribution in [0.2, 0.25) is 5.02 Å². The fourth-order valence-corrected chi connectivity index (χ4v) is 4.23. The number of nitrogens with zero attached hydrogens (tertiary/aromatic N) is 1. The molecule has 0 radical (unpaired) electrons. The average molecular weight is 424 g/mol. The molecule has 0 unspecified atom stereocenters. The van der Waals surface area contributed by atoms with Crippen molar-refractivity contribution < 1.29 is 28.1 Å². The summed E-state index contributed by atoms with van der Waals surface area (Å²) in [6.07, 6.45) is -4.72. The van der Waals surface area contributed by atoms with E-state index in [9.17, 15) is 23.4 Å². The highest BCUT2D eigenvalue weighted by Gasteiger charge is 2.77. The van der Waals surface area contributed by atoms with Crippen LogP contribution in [0.15, 0.2) is 6.07 Å². The maximum absolute atomic E-state index is 13.5. The summed E-state index contributed by atoms with van der Waals surface area (Å²) in [5, 5.41) is 20.1.